The number of carboxylic acids is 1. The predicted octanol–water partition coefficient (Wildman–Crippen LogP) is 0.0259. The number of amides is 1. The summed E-state index contributed by atoms with van der Waals surface area (Å²) >= 11 is 0. The number of aliphatic carboxylic acids is 1. The molecule has 0 aromatic carbocycles. The molecular formula is C12H22N2O5S. The van der Waals surface area contributed by atoms with Crippen molar-refractivity contribution in [3.05, 3.63) is 0 Å². The lowest BCUT2D eigenvalue weighted by atomic mass is 9.86. The van der Waals surface area contributed by atoms with Crippen LogP contribution in [0.3, 0.4) is 0 Å². The van der Waals surface area contributed by atoms with Crippen molar-refractivity contribution in [3.63, 3.8) is 0 Å². The van der Waals surface area contributed by atoms with E-state index in [9.17, 15) is 23.1 Å². The summed E-state index contributed by atoms with van der Waals surface area (Å²) in [6.45, 7) is 5.41. The summed E-state index contributed by atoms with van der Waals surface area (Å²) in [5.74, 6) is -1.68. The first-order chi connectivity index (χ1) is 8.94. The van der Waals surface area contributed by atoms with E-state index in [1.807, 2.05) is 0 Å². The Morgan fingerprint density at radius 2 is 1.90 bits per heavy atom. The maximum atomic E-state index is 12.2. The number of carbonyl (C=O) groups excluding carboxylic acids is 1. The topological polar surface area (TPSA) is 104 Å². The summed E-state index contributed by atoms with van der Waals surface area (Å²) < 4.78 is 24.3. The van der Waals surface area contributed by atoms with Gasteiger partial charge in [0.05, 0.1) is 6.26 Å². The first-order valence-corrected chi connectivity index (χ1v) is 8.29. The van der Waals surface area contributed by atoms with Crippen molar-refractivity contribution in [2.24, 2.45) is 5.41 Å². The summed E-state index contributed by atoms with van der Waals surface area (Å²) in [4.78, 5) is 23.4. The molecule has 1 amide bonds. The van der Waals surface area contributed by atoms with E-state index in [1.54, 1.807) is 20.8 Å². The molecule has 2 atom stereocenters. The molecular weight excluding hydrogens is 284 g/mol. The molecule has 8 heteroatoms. The van der Waals surface area contributed by atoms with Crippen molar-refractivity contribution >= 4 is 21.9 Å². The number of nitrogens with one attached hydrogen (secondary N) is 1. The Bertz CT molecular complexity index is 494. The minimum absolute atomic E-state index is 0.296. The highest BCUT2D eigenvalue weighted by Crippen LogP contribution is 2.23. The number of rotatable bonds is 4. The fraction of sp³-hybridized carbons (Fsp3) is 0.833. The SMILES string of the molecule is CC(C)(C)C(NC(=O)C1CCCN1S(C)(=O)=O)C(=O)O. The molecule has 2 unspecified atom stereocenters. The van der Waals surface area contributed by atoms with Crippen LogP contribution in [0.4, 0.5) is 0 Å². The zero-order valence-corrected chi connectivity index (χ0v) is 13.0. The van der Waals surface area contributed by atoms with Gasteiger partial charge in [0.1, 0.15) is 12.1 Å². The van der Waals surface area contributed by atoms with Crippen LogP contribution in [0.15, 0.2) is 0 Å². The molecule has 1 saturated heterocycles. The van der Waals surface area contributed by atoms with E-state index in [0.717, 1.165) is 10.6 Å². The lowest BCUT2D eigenvalue weighted by Crippen LogP contribution is -2.54. The normalized spacial score (nSPS) is 22.5. The molecule has 1 fully saturated rings. The van der Waals surface area contributed by atoms with Crippen LogP contribution in [0.25, 0.3) is 0 Å². The van der Waals surface area contributed by atoms with Gasteiger partial charge < -0.3 is 10.4 Å². The summed E-state index contributed by atoms with van der Waals surface area (Å²) in [6.07, 6.45) is 2.06. The van der Waals surface area contributed by atoms with Gasteiger partial charge in [-0.15, -0.1) is 0 Å². The van der Waals surface area contributed by atoms with Crippen molar-refractivity contribution in [1.29, 1.82) is 0 Å². The summed E-state index contributed by atoms with van der Waals surface area (Å²) in [5, 5.41) is 11.6. The Morgan fingerprint density at radius 1 is 1.35 bits per heavy atom. The largest absolute Gasteiger partial charge is 0.480 e. The second-order valence-electron chi connectivity index (χ2n) is 6.18. The van der Waals surface area contributed by atoms with E-state index in [4.69, 9.17) is 0 Å². The summed E-state index contributed by atoms with van der Waals surface area (Å²) in [6, 6.07) is -1.87. The summed E-state index contributed by atoms with van der Waals surface area (Å²) in [7, 11) is -3.46. The van der Waals surface area contributed by atoms with E-state index >= 15 is 0 Å². The zero-order chi connectivity index (χ0) is 15.7. The molecule has 2 N–H and O–H groups in total. The van der Waals surface area contributed by atoms with Gasteiger partial charge in [0.2, 0.25) is 15.9 Å². The zero-order valence-electron chi connectivity index (χ0n) is 12.2. The lowest BCUT2D eigenvalue weighted by molar-refractivity contribution is -0.145. The Balaban J connectivity index is 2.87. The number of hydrogen-bond acceptors (Lipinski definition) is 4. The van der Waals surface area contributed by atoms with E-state index in [1.165, 1.54) is 0 Å². The fourth-order valence-electron chi connectivity index (χ4n) is 2.29. The van der Waals surface area contributed by atoms with Crippen molar-refractivity contribution < 1.29 is 23.1 Å². The molecule has 1 heterocycles. The standard InChI is InChI=1S/C12H22N2O5S/c1-12(2,3)9(11(16)17)13-10(15)8-6-5-7-14(8)20(4,18)19/h8-9H,5-7H2,1-4H3,(H,13,15)(H,16,17). The van der Waals surface area contributed by atoms with Crippen LogP contribution in [-0.2, 0) is 19.6 Å². The van der Waals surface area contributed by atoms with Crippen molar-refractivity contribution in [2.45, 2.75) is 45.7 Å². The van der Waals surface area contributed by atoms with Gasteiger partial charge in [0, 0.05) is 6.54 Å². The van der Waals surface area contributed by atoms with Crippen molar-refractivity contribution in [3.8, 4) is 0 Å². The summed E-state index contributed by atoms with van der Waals surface area (Å²) in [5.41, 5.74) is -0.657. The first kappa shape index (κ1) is 16.9. The molecule has 0 aromatic heterocycles. The van der Waals surface area contributed by atoms with Gasteiger partial charge >= 0.3 is 5.97 Å². The third kappa shape index (κ3) is 3.92. The molecule has 0 bridgehead atoms. The Kier molecular flexibility index (Phi) is 4.81. The van der Waals surface area contributed by atoms with Crippen molar-refractivity contribution in [2.75, 3.05) is 12.8 Å². The van der Waals surface area contributed by atoms with Gasteiger partial charge in [0.15, 0.2) is 0 Å². The van der Waals surface area contributed by atoms with E-state index in [0.29, 0.717) is 19.4 Å². The minimum Gasteiger partial charge on any atom is -0.480 e. The van der Waals surface area contributed by atoms with Crippen LogP contribution >= 0.6 is 0 Å². The molecule has 1 aliphatic heterocycles. The number of carboxylic acid groups (broad SMARTS) is 1. The molecule has 0 spiro atoms. The maximum Gasteiger partial charge on any atom is 0.326 e. The van der Waals surface area contributed by atoms with Crippen molar-refractivity contribution in [1.82, 2.24) is 9.62 Å². The van der Waals surface area contributed by atoms with E-state index in [-0.39, 0.29) is 0 Å². The number of nitrogens with zero attached hydrogens (tertiary/aromatic N) is 1. The second kappa shape index (κ2) is 5.69. The number of hydrogen-bond donors (Lipinski definition) is 2. The van der Waals surface area contributed by atoms with E-state index in [2.05, 4.69) is 5.32 Å². The van der Waals surface area contributed by atoms with Gasteiger partial charge in [-0.3, -0.25) is 4.79 Å². The highest BCUT2D eigenvalue weighted by atomic mass is 32.2. The van der Waals surface area contributed by atoms with Gasteiger partial charge in [-0.2, -0.15) is 4.31 Å². The highest BCUT2D eigenvalue weighted by Gasteiger charge is 2.40. The maximum absolute atomic E-state index is 12.2. The van der Waals surface area contributed by atoms with Crippen LogP contribution in [0.2, 0.25) is 0 Å². The molecule has 116 valence electrons. The molecule has 1 rings (SSSR count). The van der Waals surface area contributed by atoms with Gasteiger partial charge in [-0.1, -0.05) is 20.8 Å². The van der Waals surface area contributed by atoms with Crippen LogP contribution < -0.4 is 5.32 Å². The average Bonchev–Trinajstić information content (AvgIpc) is 2.71. The van der Waals surface area contributed by atoms with Gasteiger partial charge in [0.25, 0.3) is 0 Å². The molecule has 1 aliphatic rings. The lowest BCUT2D eigenvalue weighted by Gasteiger charge is -2.30. The number of carbonyl (C=O) groups is 2. The molecule has 7 nitrogen and oxygen atoms in total. The van der Waals surface area contributed by atoms with Gasteiger partial charge in [-0.05, 0) is 18.3 Å². The highest BCUT2D eigenvalue weighted by molar-refractivity contribution is 7.88. The monoisotopic (exact) mass is 306 g/mol. The smallest absolute Gasteiger partial charge is 0.326 e. The Labute approximate surface area is 119 Å². The fourth-order valence-corrected chi connectivity index (χ4v) is 3.41. The Hall–Kier alpha value is -1.15. The molecule has 0 saturated carbocycles. The van der Waals surface area contributed by atoms with Crippen LogP contribution in [0, 0.1) is 5.41 Å². The van der Waals surface area contributed by atoms with E-state index < -0.39 is 39.4 Å². The molecule has 0 aromatic rings. The molecule has 0 radical (unpaired) electrons. The predicted molar refractivity (Wildman–Crippen MR) is 73.6 cm³/mol. The van der Waals surface area contributed by atoms with Crippen LogP contribution in [-0.4, -0.2) is 54.6 Å². The number of sulfonamides is 1. The second-order valence-corrected chi connectivity index (χ2v) is 8.11. The minimum atomic E-state index is -3.46. The molecule has 20 heavy (non-hydrogen) atoms. The third-order valence-electron chi connectivity index (χ3n) is 3.33. The van der Waals surface area contributed by atoms with Gasteiger partial charge in [-0.25, -0.2) is 13.2 Å². The first-order valence-electron chi connectivity index (χ1n) is 6.44. The molecule has 0 aliphatic carbocycles. The third-order valence-corrected chi connectivity index (χ3v) is 4.62. The average molecular weight is 306 g/mol. The van der Waals surface area contributed by atoms with Crippen LogP contribution in [0.1, 0.15) is 33.6 Å². The quantitative estimate of drug-likeness (QED) is 0.762. The van der Waals surface area contributed by atoms with Crippen LogP contribution in [0.5, 0.6) is 0 Å². The Morgan fingerprint density at radius 3 is 2.30 bits per heavy atom.